The van der Waals surface area contributed by atoms with Crippen LogP contribution < -0.4 is 0 Å². The van der Waals surface area contributed by atoms with Crippen LogP contribution in [0.15, 0.2) is 18.2 Å². The van der Waals surface area contributed by atoms with Crippen molar-refractivity contribution in [2.75, 3.05) is 0 Å². The second-order valence-electron chi connectivity index (χ2n) is 3.04. The molecule has 1 aromatic carbocycles. The van der Waals surface area contributed by atoms with Crippen LogP contribution in [0.1, 0.15) is 5.56 Å². The number of rotatable bonds is 0. The van der Waals surface area contributed by atoms with Gasteiger partial charge >= 0.3 is 0 Å². The summed E-state index contributed by atoms with van der Waals surface area (Å²) in [5, 5.41) is 2.53. The van der Waals surface area contributed by atoms with Crippen LogP contribution in [0.3, 0.4) is 0 Å². The minimum absolute atomic E-state index is 0.452. The molecule has 0 aliphatic carbocycles. The molecule has 0 unspecified atom stereocenters. The molecule has 0 saturated heterocycles. The molecule has 0 bridgehead atoms. The highest BCUT2D eigenvalue weighted by Gasteiger charge is 2.06. The number of hydrogen-bond acceptors (Lipinski definition) is 1. The van der Waals surface area contributed by atoms with E-state index in [0.717, 1.165) is 16.5 Å². The Bertz CT molecular complexity index is 465. The lowest BCUT2D eigenvalue weighted by molar-refractivity contribution is 1.37. The van der Waals surface area contributed by atoms with Gasteiger partial charge in [0.25, 0.3) is 0 Å². The third kappa shape index (κ3) is 1.68. The van der Waals surface area contributed by atoms with Crippen LogP contribution in [0.2, 0.25) is 15.2 Å². The van der Waals surface area contributed by atoms with Crippen molar-refractivity contribution in [2.24, 2.45) is 0 Å². The fourth-order valence-corrected chi connectivity index (χ4v) is 2.32. The molecule has 72 valence electrons. The van der Waals surface area contributed by atoms with E-state index in [-0.39, 0.29) is 0 Å². The van der Waals surface area contributed by atoms with Gasteiger partial charge < -0.3 is 0 Å². The first-order valence-electron chi connectivity index (χ1n) is 4.00. The summed E-state index contributed by atoms with van der Waals surface area (Å²) < 4.78 is 0. The Balaban J connectivity index is 2.94. The molecule has 0 saturated carbocycles. The van der Waals surface area contributed by atoms with Crippen molar-refractivity contribution in [2.45, 2.75) is 6.92 Å². The number of nitrogens with zero attached hydrogens (tertiary/aromatic N) is 1. The lowest BCUT2D eigenvalue weighted by Gasteiger charge is -2.05. The van der Waals surface area contributed by atoms with Gasteiger partial charge in [0.2, 0.25) is 0 Å². The Hall–Kier alpha value is -0.500. The van der Waals surface area contributed by atoms with E-state index >= 15 is 0 Å². The van der Waals surface area contributed by atoms with Crippen molar-refractivity contribution in [3.05, 3.63) is 39.0 Å². The molecule has 0 aliphatic rings. The van der Waals surface area contributed by atoms with E-state index in [1.807, 2.05) is 6.92 Å². The van der Waals surface area contributed by atoms with Crippen LogP contribution in [0.5, 0.6) is 0 Å². The zero-order chi connectivity index (χ0) is 10.3. The van der Waals surface area contributed by atoms with Gasteiger partial charge in [0.15, 0.2) is 0 Å². The molecule has 0 amide bonds. The van der Waals surface area contributed by atoms with Crippen LogP contribution in [0.25, 0.3) is 10.9 Å². The average molecular weight is 247 g/mol. The molecule has 14 heavy (non-hydrogen) atoms. The number of fused-ring (bicyclic) bond motifs is 1. The molecule has 0 radical (unpaired) electrons. The van der Waals surface area contributed by atoms with Gasteiger partial charge in [-0.2, -0.15) is 0 Å². The first kappa shape index (κ1) is 10.0. The van der Waals surface area contributed by atoms with Gasteiger partial charge in [0.05, 0.1) is 10.5 Å². The summed E-state index contributed by atoms with van der Waals surface area (Å²) in [5.41, 5.74) is 1.73. The van der Waals surface area contributed by atoms with Gasteiger partial charge in [-0.15, -0.1) is 0 Å². The maximum atomic E-state index is 6.05. The summed E-state index contributed by atoms with van der Waals surface area (Å²) in [7, 11) is 0. The van der Waals surface area contributed by atoms with Crippen LogP contribution in [0.4, 0.5) is 0 Å². The van der Waals surface area contributed by atoms with Crippen LogP contribution in [-0.2, 0) is 0 Å². The van der Waals surface area contributed by atoms with E-state index in [0.29, 0.717) is 15.2 Å². The van der Waals surface area contributed by atoms with E-state index in [1.165, 1.54) is 0 Å². The predicted molar refractivity (Wildman–Crippen MR) is 61.5 cm³/mol. The van der Waals surface area contributed by atoms with E-state index in [9.17, 15) is 0 Å². The molecule has 0 N–H and O–H groups in total. The third-order valence-electron chi connectivity index (χ3n) is 1.99. The molecular formula is C10H6Cl3N. The van der Waals surface area contributed by atoms with Crippen LogP contribution in [-0.4, -0.2) is 4.98 Å². The van der Waals surface area contributed by atoms with Gasteiger partial charge in [-0.05, 0) is 30.7 Å². The molecular weight excluding hydrogens is 240 g/mol. The minimum Gasteiger partial charge on any atom is -0.236 e. The number of aromatic nitrogens is 1. The van der Waals surface area contributed by atoms with Gasteiger partial charge in [0, 0.05) is 10.4 Å². The monoisotopic (exact) mass is 245 g/mol. The quantitative estimate of drug-likeness (QED) is 0.624. The number of aryl methyl sites for hydroxylation is 1. The van der Waals surface area contributed by atoms with E-state index < -0.39 is 0 Å². The van der Waals surface area contributed by atoms with Crippen molar-refractivity contribution in [3.63, 3.8) is 0 Å². The molecule has 0 atom stereocenters. The molecule has 1 nitrogen and oxygen atoms in total. The summed E-state index contributed by atoms with van der Waals surface area (Å²) in [4.78, 5) is 4.15. The highest BCUT2D eigenvalue weighted by Crippen LogP contribution is 2.30. The van der Waals surface area contributed by atoms with Crippen molar-refractivity contribution in [1.82, 2.24) is 4.98 Å². The SMILES string of the molecule is Cc1cc(Cl)nc2cc(Cl)cc(Cl)c12. The van der Waals surface area contributed by atoms with Gasteiger partial charge in [-0.1, -0.05) is 34.8 Å². The minimum atomic E-state index is 0.452. The standard InChI is InChI=1S/C10H6Cl3N/c1-5-2-9(13)14-8-4-6(11)3-7(12)10(5)8/h2-4H,1H3. The lowest BCUT2D eigenvalue weighted by Crippen LogP contribution is -1.85. The Morgan fingerprint density at radius 3 is 2.50 bits per heavy atom. The predicted octanol–water partition coefficient (Wildman–Crippen LogP) is 4.50. The van der Waals surface area contributed by atoms with Crippen molar-refractivity contribution in [1.29, 1.82) is 0 Å². The Kier molecular flexibility index (Phi) is 2.56. The molecule has 4 heteroatoms. The van der Waals surface area contributed by atoms with Crippen molar-refractivity contribution in [3.8, 4) is 0 Å². The summed E-state index contributed by atoms with van der Waals surface area (Å²) in [5.74, 6) is 0. The zero-order valence-corrected chi connectivity index (χ0v) is 9.58. The Labute approximate surface area is 96.6 Å². The Morgan fingerprint density at radius 1 is 1.07 bits per heavy atom. The summed E-state index contributed by atoms with van der Waals surface area (Å²) >= 11 is 17.7. The molecule has 2 rings (SSSR count). The molecule has 0 fully saturated rings. The van der Waals surface area contributed by atoms with E-state index in [2.05, 4.69) is 4.98 Å². The number of halogens is 3. The second kappa shape index (κ2) is 3.58. The third-order valence-corrected chi connectivity index (χ3v) is 2.70. The first-order chi connectivity index (χ1) is 6.58. The molecule has 0 spiro atoms. The van der Waals surface area contributed by atoms with Crippen molar-refractivity contribution < 1.29 is 0 Å². The smallest absolute Gasteiger partial charge is 0.130 e. The molecule has 1 aromatic heterocycles. The van der Waals surface area contributed by atoms with Gasteiger partial charge in [-0.3, -0.25) is 0 Å². The topological polar surface area (TPSA) is 12.9 Å². The van der Waals surface area contributed by atoms with Crippen molar-refractivity contribution >= 4 is 45.7 Å². The summed E-state index contributed by atoms with van der Waals surface area (Å²) in [6.07, 6.45) is 0. The number of pyridine rings is 1. The Morgan fingerprint density at radius 2 is 1.79 bits per heavy atom. The highest BCUT2D eigenvalue weighted by molar-refractivity contribution is 6.39. The number of hydrogen-bond donors (Lipinski definition) is 0. The van der Waals surface area contributed by atoms with E-state index in [1.54, 1.807) is 18.2 Å². The molecule has 2 aromatic rings. The maximum absolute atomic E-state index is 6.05. The normalized spacial score (nSPS) is 10.9. The average Bonchev–Trinajstić information content (AvgIpc) is 1.99. The second-order valence-corrected chi connectivity index (χ2v) is 4.27. The van der Waals surface area contributed by atoms with Gasteiger partial charge in [-0.25, -0.2) is 4.98 Å². The molecule has 1 heterocycles. The lowest BCUT2D eigenvalue weighted by atomic mass is 10.1. The maximum Gasteiger partial charge on any atom is 0.130 e. The number of benzene rings is 1. The fraction of sp³-hybridized carbons (Fsp3) is 0.100. The summed E-state index contributed by atoms with van der Waals surface area (Å²) in [6.45, 7) is 1.94. The largest absolute Gasteiger partial charge is 0.236 e. The molecule has 0 aliphatic heterocycles. The zero-order valence-electron chi connectivity index (χ0n) is 7.31. The van der Waals surface area contributed by atoms with Gasteiger partial charge in [0.1, 0.15) is 5.15 Å². The summed E-state index contributed by atoms with van der Waals surface area (Å²) in [6, 6.07) is 5.24. The highest BCUT2D eigenvalue weighted by atomic mass is 35.5. The first-order valence-corrected chi connectivity index (χ1v) is 5.13. The van der Waals surface area contributed by atoms with Crippen LogP contribution in [0, 0.1) is 6.92 Å². The van der Waals surface area contributed by atoms with E-state index in [4.69, 9.17) is 34.8 Å². The van der Waals surface area contributed by atoms with Crippen LogP contribution >= 0.6 is 34.8 Å². The fourth-order valence-electron chi connectivity index (χ4n) is 1.44.